The highest BCUT2D eigenvalue weighted by Gasteiger charge is 1.91. The summed E-state index contributed by atoms with van der Waals surface area (Å²) >= 11 is 0. The summed E-state index contributed by atoms with van der Waals surface area (Å²) in [5, 5.41) is 0. The molecule has 0 bridgehead atoms. The minimum absolute atomic E-state index is 0.387. The summed E-state index contributed by atoms with van der Waals surface area (Å²) in [6.45, 7) is 4.64. The van der Waals surface area contributed by atoms with Crippen molar-refractivity contribution in [3.05, 3.63) is 0 Å². The normalized spacial score (nSPS) is 12.5. The molecule has 0 unspecified atom stereocenters. The average Bonchev–Trinajstić information content (AvgIpc) is 2.10. The van der Waals surface area contributed by atoms with Gasteiger partial charge in [-0.25, -0.2) is 0 Å². The van der Waals surface area contributed by atoms with Crippen LogP contribution in [0.25, 0.3) is 0 Å². The van der Waals surface area contributed by atoms with Gasteiger partial charge < -0.3 is 0 Å². The van der Waals surface area contributed by atoms with Crippen molar-refractivity contribution in [3.63, 3.8) is 0 Å². The fourth-order valence-corrected chi connectivity index (χ4v) is 4.68. The summed E-state index contributed by atoms with van der Waals surface area (Å²) in [5.41, 5.74) is 0. The van der Waals surface area contributed by atoms with Crippen molar-refractivity contribution >= 4 is 19.0 Å². The maximum absolute atomic E-state index is 2.32. The summed E-state index contributed by atoms with van der Waals surface area (Å²) in [6.07, 6.45) is 6.03. The van der Waals surface area contributed by atoms with E-state index < -0.39 is 0 Å². The molecular formula is C10H26Si2. The lowest BCUT2D eigenvalue weighted by Crippen LogP contribution is -1.91. The van der Waals surface area contributed by atoms with E-state index in [4.69, 9.17) is 0 Å². The standard InChI is InChI=1S/C10H26Si2/c1-3-7-11-9-5-6-10-12-8-4-2/h3-12H2,1-2H3. The fraction of sp³-hybridized carbons (Fsp3) is 1.00. The summed E-state index contributed by atoms with van der Waals surface area (Å²) in [4.78, 5) is 0. The van der Waals surface area contributed by atoms with Gasteiger partial charge in [0.2, 0.25) is 0 Å². The lowest BCUT2D eigenvalue weighted by molar-refractivity contribution is 0.864. The van der Waals surface area contributed by atoms with Crippen LogP contribution in [0.15, 0.2) is 0 Å². The van der Waals surface area contributed by atoms with E-state index in [-0.39, 0.29) is 0 Å². The fourth-order valence-electron chi connectivity index (χ4n) is 1.56. The van der Waals surface area contributed by atoms with E-state index in [0.717, 1.165) is 0 Å². The van der Waals surface area contributed by atoms with Gasteiger partial charge >= 0.3 is 0 Å². The Kier molecular flexibility index (Phi) is 11.8. The van der Waals surface area contributed by atoms with Crippen LogP contribution in [-0.2, 0) is 0 Å². The van der Waals surface area contributed by atoms with Gasteiger partial charge in [-0.1, -0.05) is 63.7 Å². The summed E-state index contributed by atoms with van der Waals surface area (Å²) in [5.74, 6) is 0. The maximum Gasteiger partial charge on any atom is 0.0197 e. The molecule has 0 aliphatic carbocycles. The SMILES string of the molecule is CCC[SiH2]CCCC[SiH2]CCC. The zero-order valence-electron chi connectivity index (χ0n) is 9.07. The molecule has 0 aliphatic rings. The van der Waals surface area contributed by atoms with E-state index in [0.29, 0.717) is 19.0 Å². The van der Waals surface area contributed by atoms with Crippen molar-refractivity contribution in [2.75, 3.05) is 0 Å². The Hall–Kier alpha value is 0.434. The predicted octanol–water partition coefficient (Wildman–Crippen LogP) is 2.60. The Morgan fingerprint density at radius 1 is 0.667 bits per heavy atom. The molecule has 2 heteroatoms. The smallest absolute Gasteiger partial charge is 0.0197 e. The minimum atomic E-state index is 0.387. The predicted molar refractivity (Wildman–Crippen MR) is 66.1 cm³/mol. The van der Waals surface area contributed by atoms with Crippen LogP contribution in [-0.4, -0.2) is 19.0 Å². The summed E-state index contributed by atoms with van der Waals surface area (Å²) in [6, 6.07) is 6.45. The highest BCUT2D eigenvalue weighted by molar-refractivity contribution is 6.36. The molecule has 0 saturated heterocycles. The van der Waals surface area contributed by atoms with Crippen molar-refractivity contribution in [3.8, 4) is 0 Å². The van der Waals surface area contributed by atoms with Crippen LogP contribution < -0.4 is 0 Å². The largest absolute Gasteiger partial charge is 0.0657 e. The van der Waals surface area contributed by atoms with Crippen LogP contribution in [0.3, 0.4) is 0 Å². The van der Waals surface area contributed by atoms with Gasteiger partial charge in [0.15, 0.2) is 0 Å². The van der Waals surface area contributed by atoms with E-state index in [1.807, 2.05) is 0 Å². The third kappa shape index (κ3) is 10.4. The molecule has 0 N–H and O–H groups in total. The first-order valence-corrected chi connectivity index (χ1v) is 9.91. The highest BCUT2D eigenvalue weighted by atomic mass is 28.2. The summed E-state index contributed by atoms with van der Waals surface area (Å²) < 4.78 is 0. The zero-order valence-corrected chi connectivity index (χ0v) is 11.9. The molecule has 0 aromatic rings. The van der Waals surface area contributed by atoms with Crippen LogP contribution in [0.1, 0.15) is 39.5 Å². The third-order valence-electron chi connectivity index (χ3n) is 2.46. The third-order valence-corrected chi connectivity index (χ3v) is 6.87. The van der Waals surface area contributed by atoms with Crippen LogP contribution in [0.2, 0.25) is 24.2 Å². The van der Waals surface area contributed by atoms with E-state index >= 15 is 0 Å². The summed E-state index contributed by atoms with van der Waals surface area (Å²) in [7, 11) is 0.774. The average molecular weight is 202 g/mol. The molecule has 0 aromatic heterocycles. The number of hydrogen-bond acceptors (Lipinski definition) is 0. The van der Waals surface area contributed by atoms with Gasteiger partial charge in [0.05, 0.1) is 0 Å². The molecule has 0 atom stereocenters. The van der Waals surface area contributed by atoms with Crippen molar-refractivity contribution in [1.82, 2.24) is 0 Å². The first kappa shape index (κ1) is 12.4. The molecule has 0 aliphatic heterocycles. The first-order chi connectivity index (χ1) is 5.91. The molecule has 0 radical (unpaired) electrons. The molecule has 0 amide bonds. The van der Waals surface area contributed by atoms with Gasteiger partial charge in [-0.15, -0.1) is 0 Å². The Balaban J connectivity index is 2.73. The maximum atomic E-state index is 2.32. The molecule has 12 heavy (non-hydrogen) atoms. The van der Waals surface area contributed by atoms with E-state index in [2.05, 4.69) is 13.8 Å². The van der Waals surface area contributed by atoms with Crippen molar-refractivity contribution in [1.29, 1.82) is 0 Å². The van der Waals surface area contributed by atoms with E-state index in [9.17, 15) is 0 Å². The quantitative estimate of drug-likeness (QED) is 0.398. The number of unbranched alkanes of at least 4 members (excludes halogenated alkanes) is 1. The van der Waals surface area contributed by atoms with E-state index in [1.54, 1.807) is 37.0 Å². The van der Waals surface area contributed by atoms with Crippen LogP contribution in [0, 0.1) is 0 Å². The molecule has 0 saturated carbocycles. The molecule has 0 fully saturated rings. The lowest BCUT2D eigenvalue weighted by Gasteiger charge is -1.98. The van der Waals surface area contributed by atoms with E-state index in [1.165, 1.54) is 12.8 Å². The van der Waals surface area contributed by atoms with Crippen molar-refractivity contribution < 1.29 is 0 Å². The van der Waals surface area contributed by atoms with Gasteiger partial charge in [-0.3, -0.25) is 0 Å². The van der Waals surface area contributed by atoms with Gasteiger partial charge in [0.25, 0.3) is 0 Å². The topological polar surface area (TPSA) is 0 Å². The molecule has 0 aromatic carbocycles. The van der Waals surface area contributed by atoms with Crippen LogP contribution >= 0.6 is 0 Å². The Bertz CT molecular complexity index is 64.2. The van der Waals surface area contributed by atoms with Gasteiger partial charge in [-0.2, -0.15) is 0 Å². The Labute approximate surface area is 83.2 Å². The molecule has 74 valence electrons. The minimum Gasteiger partial charge on any atom is -0.0657 e. The second-order valence-corrected chi connectivity index (χ2v) is 8.07. The Morgan fingerprint density at radius 3 is 1.42 bits per heavy atom. The molecule has 0 nitrogen and oxygen atoms in total. The number of hydrogen-bond donors (Lipinski definition) is 0. The van der Waals surface area contributed by atoms with Gasteiger partial charge in [-0.05, 0) is 0 Å². The van der Waals surface area contributed by atoms with Crippen molar-refractivity contribution in [2.24, 2.45) is 0 Å². The number of rotatable bonds is 9. The molecule has 0 heterocycles. The van der Waals surface area contributed by atoms with Gasteiger partial charge in [0, 0.05) is 19.0 Å². The zero-order chi connectivity index (χ0) is 9.07. The van der Waals surface area contributed by atoms with Crippen LogP contribution in [0.5, 0.6) is 0 Å². The Morgan fingerprint density at radius 2 is 1.08 bits per heavy atom. The molecule has 0 rings (SSSR count). The molecule has 0 spiro atoms. The first-order valence-electron chi connectivity index (χ1n) is 5.91. The molecular weight excluding hydrogens is 176 g/mol. The van der Waals surface area contributed by atoms with Crippen molar-refractivity contribution in [2.45, 2.75) is 63.7 Å². The monoisotopic (exact) mass is 202 g/mol. The van der Waals surface area contributed by atoms with Crippen LogP contribution in [0.4, 0.5) is 0 Å². The lowest BCUT2D eigenvalue weighted by atomic mass is 10.4. The highest BCUT2D eigenvalue weighted by Crippen LogP contribution is 2.03. The second kappa shape index (κ2) is 11.4. The second-order valence-electron chi connectivity index (χ2n) is 3.83. The van der Waals surface area contributed by atoms with Gasteiger partial charge in [0.1, 0.15) is 0 Å².